The predicted molar refractivity (Wildman–Crippen MR) is 95.4 cm³/mol. The Balaban J connectivity index is 1.97. The molecule has 7 nitrogen and oxygen atoms in total. The molecule has 146 valence electrons. The number of hydrogen-bond donors (Lipinski definition) is 2. The quantitative estimate of drug-likeness (QED) is 0.428. The highest BCUT2D eigenvalue weighted by molar-refractivity contribution is 5.92. The summed E-state index contributed by atoms with van der Waals surface area (Å²) in [7, 11) is 0. The lowest BCUT2D eigenvalue weighted by atomic mass is 9.83. The van der Waals surface area contributed by atoms with Crippen LogP contribution in [0.3, 0.4) is 0 Å². The normalized spacial score (nSPS) is 38.8. The summed E-state index contributed by atoms with van der Waals surface area (Å²) in [5.41, 5.74) is 0.347. The Morgan fingerprint density at radius 3 is 2.85 bits per heavy atom. The number of aliphatic hydroxyl groups is 2. The number of allylic oxidation sites excluding steroid dienone is 1. The van der Waals surface area contributed by atoms with Crippen molar-refractivity contribution in [1.82, 2.24) is 0 Å². The molecule has 2 saturated heterocycles. The van der Waals surface area contributed by atoms with E-state index in [0.717, 1.165) is 0 Å². The van der Waals surface area contributed by atoms with Gasteiger partial charge < -0.3 is 24.4 Å². The van der Waals surface area contributed by atoms with Crippen molar-refractivity contribution in [3.05, 3.63) is 47.6 Å². The Labute approximate surface area is 157 Å². The molecule has 27 heavy (non-hydrogen) atoms. The van der Waals surface area contributed by atoms with Crippen LogP contribution < -0.4 is 0 Å². The van der Waals surface area contributed by atoms with Crippen molar-refractivity contribution in [2.75, 3.05) is 13.2 Å². The highest BCUT2D eigenvalue weighted by Gasteiger charge is 2.56. The zero-order valence-electron chi connectivity index (χ0n) is 15.4. The van der Waals surface area contributed by atoms with Crippen LogP contribution in [0.4, 0.5) is 0 Å². The van der Waals surface area contributed by atoms with Crippen molar-refractivity contribution in [3.8, 4) is 0 Å². The summed E-state index contributed by atoms with van der Waals surface area (Å²) in [6.07, 6.45) is 5.42. The van der Waals surface area contributed by atoms with Crippen LogP contribution in [0, 0.1) is 5.92 Å². The second-order valence-corrected chi connectivity index (χ2v) is 7.15. The Bertz CT molecular complexity index is 747. The van der Waals surface area contributed by atoms with Crippen molar-refractivity contribution in [2.24, 2.45) is 5.92 Å². The predicted octanol–water partition coefficient (Wildman–Crippen LogP) is 0.971. The molecule has 2 heterocycles. The first-order valence-corrected chi connectivity index (χ1v) is 8.87. The van der Waals surface area contributed by atoms with E-state index in [2.05, 4.69) is 6.58 Å². The fourth-order valence-corrected chi connectivity index (χ4v) is 3.55. The van der Waals surface area contributed by atoms with Crippen LogP contribution in [0.2, 0.25) is 0 Å². The van der Waals surface area contributed by atoms with Crippen LogP contribution in [0.5, 0.6) is 0 Å². The standard InChI is InChI=1S/C20H24O7/c1-4-13(10-22)19(24)26-15-8-20(3)16(27-20)6-5-12(9-21)7-14-17(15)11(2)18(23)25-14/h4-7,14-17,21-22H,2,8-10H2,1,3H3/b6-5-,12-7+,13-4-/t14-,15-,16-,17+,20-/m1/s1. The molecule has 0 aromatic rings. The minimum Gasteiger partial charge on any atom is -0.458 e. The van der Waals surface area contributed by atoms with Crippen LogP contribution in [0.25, 0.3) is 0 Å². The third-order valence-corrected chi connectivity index (χ3v) is 5.29. The maximum absolute atomic E-state index is 12.4. The van der Waals surface area contributed by atoms with Gasteiger partial charge in [-0.2, -0.15) is 0 Å². The van der Waals surface area contributed by atoms with Gasteiger partial charge in [0.1, 0.15) is 18.3 Å². The van der Waals surface area contributed by atoms with Gasteiger partial charge in [-0.05, 0) is 25.5 Å². The molecule has 5 atom stereocenters. The summed E-state index contributed by atoms with van der Waals surface area (Å²) in [5, 5.41) is 18.9. The van der Waals surface area contributed by atoms with Gasteiger partial charge in [-0.1, -0.05) is 24.8 Å². The zero-order valence-corrected chi connectivity index (χ0v) is 15.4. The van der Waals surface area contributed by atoms with Gasteiger partial charge in [0.25, 0.3) is 0 Å². The monoisotopic (exact) mass is 376 g/mol. The number of carbonyl (C=O) groups excluding carboxylic acids is 2. The van der Waals surface area contributed by atoms with E-state index >= 15 is 0 Å². The minimum atomic E-state index is -0.736. The summed E-state index contributed by atoms with van der Waals surface area (Å²) in [4.78, 5) is 24.6. The topological polar surface area (TPSA) is 106 Å². The Kier molecular flexibility index (Phi) is 5.37. The summed E-state index contributed by atoms with van der Waals surface area (Å²) in [6.45, 7) is 6.67. The largest absolute Gasteiger partial charge is 0.458 e. The molecule has 2 aliphatic heterocycles. The molecule has 0 aromatic heterocycles. The van der Waals surface area contributed by atoms with Crippen LogP contribution in [-0.2, 0) is 23.8 Å². The van der Waals surface area contributed by atoms with E-state index in [-0.39, 0.29) is 23.9 Å². The summed E-state index contributed by atoms with van der Waals surface area (Å²) >= 11 is 0. The van der Waals surface area contributed by atoms with E-state index < -0.39 is 42.3 Å². The van der Waals surface area contributed by atoms with E-state index in [4.69, 9.17) is 14.2 Å². The molecule has 2 N–H and O–H groups in total. The van der Waals surface area contributed by atoms with E-state index in [9.17, 15) is 19.8 Å². The fourth-order valence-electron chi connectivity index (χ4n) is 3.55. The SMILES string of the molecule is C=C1C(=O)O[C@@H]2/C=C(CO)\C=C/[C@H]3O[C@]3(C)C[C@@H](OC(=O)/C(=C\C)CO)[C@@H]12. The molecule has 0 saturated carbocycles. The highest BCUT2D eigenvalue weighted by Crippen LogP contribution is 2.46. The molecular formula is C20H24O7. The van der Waals surface area contributed by atoms with Crippen molar-refractivity contribution >= 4 is 11.9 Å². The van der Waals surface area contributed by atoms with Crippen molar-refractivity contribution < 1.29 is 34.0 Å². The van der Waals surface area contributed by atoms with Crippen LogP contribution in [0.15, 0.2) is 47.6 Å². The van der Waals surface area contributed by atoms with E-state index in [0.29, 0.717) is 12.0 Å². The molecule has 0 amide bonds. The first kappa shape index (κ1) is 19.5. The van der Waals surface area contributed by atoms with Crippen molar-refractivity contribution in [2.45, 2.75) is 44.2 Å². The summed E-state index contributed by atoms with van der Waals surface area (Å²) < 4.78 is 16.8. The van der Waals surface area contributed by atoms with Gasteiger partial charge >= 0.3 is 11.9 Å². The second kappa shape index (κ2) is 7.42. The smallest absolute Gasteiger partial charge is 0.336 e. The van der Waals surface area contributed by atoms with E-state index in [1.165, 1.54) is 6.08 Å². The first-order valence-electron chi connectivity index (χ1n) is 8.87. The number of esters is 2. The number of ether oxygens (including phenoxy) is 3. The third-order valence-electron chi connectivity index (χ3n) is 5.29. The van der Waals surface area contributed by atoms with Gasteiger partial charge in [-0.25, -0.2) is 9.59 Å². The average Bonchev–Trinajstić information content (AvgIpc) is 3.18. The van der Waals surface area contributed by atoms with E-state index in [1.807, 2.05) is 13.0 Å². The van der Waals surface area contributed by atoms with Gasteiger partial charge in [0, 0.05) is 12.0 Å². The molecule has 3 aliphatic rings. The molecule has 0 bridgehead atoms. The van der Waals surface area contributed by atoms with Crippen LogP contribution >= 0.6 is 0 Å². The second-order valence-electron chi connectivity index (χ2n) is 7.15. The zero-order chi connectivity index (χ0) is 19.8. The van der Waals surface area contributed by atoms with Crippen molar-refractivity contribution in [1.29, 1.82) is 0 Å². The Morgan fingerprint density at radius 1 is 1.48 bits per heavy atom. The maximum Gasteiger partial charge on any atom is 0.336 e. The fraction of sp³-hybridized carbons (Fsp3) is 0.500. The lowest BCUT2D eigenvalue weighted by molar-refractivity contribution is -0.148. The minimum absolute atomic E-state index is 0.129. The molecule has 0 aromatic carbocycles. The summed E-state index contributed by atoms with van der Waals surface area (Å²) in [6, 6.07) is 0. The highest BCUT2D eigenvalue weighted by atomic mass is 16.6. The maximum atomic E-state index is 12.4. The molecule has 7 heteroatoms. The number of epoxide rings is 1. The molecule has 0 unspecified atom stereocenters. The molecule has 2 fully saturated rings. The van der Waals surface area contributed by atoms with Gasteiger partial charge in [-0.15, -0.1) is 0 Å². The Morgan fingerprint density at radius 2 is 2.22 bits per heavy atom. The lowest BCUT2D eigenvalue weighted by Crippen LogP contribution is -2.37. The van der Waals surface area contributed by atoms with Gasteiger partial charge in [0.15, 0.2) is 0 Å². The van der Waals surface area contributed by atoms with Crippen LogP contribution in [-0.4, -0.2) is 59.3 Å². The van der Waals surface area contributed by atoms with Gasteiger partial charge in [0.2, 0.25) is 0 Å². The molecule has 3 rings (SSSR count). The molecule has 0 spiro atoms. The number of hydrogen-bond acceptors (Lipinski definition) is 7. The molecule has 0 radical (unpaired) electrons. The average molecular weight is 376 g/mol. The first-order chi connectivity index (χ1) is 12.8. The Hall–Kier alpha value is -2.22. The van der Waals surface area contributed by atoms with Crippen molar-refractivity contribution in [3.63, 3.8) is 0 Å². The summed E-state index contributed by atoms with van der Waals surface area (Å²) in [5.74, 6) is -1.82. The third kappa shape index (κ3) is 3.76. The van der Waals surface area contributed by atoms with E-state index in [1.54, 1.807) is 19.1 Å². The molecular weight excluding hydrogens is 352 g/mol. The lowest BCUT2D eigenvalue weighted by Gasteiger charge is -2.28. The number of fused-ring (bicyclic) bond motifs is 2. The van der Waals surface area contributed by atoms with Gasteiger partial charge in [-0.3, -0.25) is 0 Å². The van der Waals surface area contributed by atoms with Gasteiger partial charge in [0.05, 0.1) is 30.3 Å². The number of rotatable bonds is 4. The number of carbonyl (C=O) groups is 2. The van der Waals surface area contributed by atoms with Crippen LogP contribution in [0.1, 0.15) is 20.3 Å². The molecule has 1 aliphatic carbocycles. The number of aliphatic hydroxyl groups excluding tert-OH is 2.